The quantitative estimate of drug-likeness (QED) is 0.121. The van der Waals surface area contributed by atoms with Crippen LogP contribution in [0.15, 0.2) is 72.8 Å². The molecule has 83 heavy (non-hydrogen) atoms. The van der Waals surface area contributed by atoms with E-state index >= 15 is 0 Å². The van der Waals surface area contributed by atoms with Crippen molar-refractivity contribution in [1.82, 2.24) is 30.7 Å². The molecule has 10 atom stereocenters. The molecule has 10 rings (SSSR count). The number of aliphatic hydroxyl groups is 1. The zero-order chi connectivity index (χ0) is 59.5. The summed E-state index contributed by atoms with van der Waals surface area (Å²) in [6, 6.07) is 14.6. The fraction of sp³-hybridized carbons (Fsp3) is 0.625. The lowest BCUT2D eigenvalue weighted by atomic mass is 9.95. The van der Waals surface area contributed by atoms with Gasteiger partial charge in [0.25, 0.3) is 0 Å². The van der Waals surface area contributed by atoms with E-state index in [2.05, 4.69) is 46.3 Å². The second-order valence-electron chi connectivity index (χ2n) is 24.6. The number of rotatable bonds is 7. The average Bonchev–Trinajstić information content (AvgIpc) is 2.92. The standard InChI is InChI=1S/C35H47N3O8.C21H32N2O5.C8H9N/c1-5-44-32(42)35-19-26(35)16-10-8-6-7-9-13-23(17-29(39)46-34(2,3)4)31(41)38-22-27(18-28(38)30(40)36-35)45-33(43)37-20-24-14-11-12-15-25(24)21-37;1-3-28-20(27)21-12-15(21)10-8-6-4-5-7-9-14(2)19(26)23-13-16(24)11-17(23)18(25)22-21;1-2-4-8-6-9-5-7(8)3-1/h10-12,14-16,23,26-28H,5-9,13,17-22H2,1-4H3,(H,36,40);8,10,14-17,24H,3-7,9,11-13H2,1-2H3,(H,22,25);1-4,9H,5-6H2/b16-10-;10-8-;/t23-,26-,27-,28+,35-;14-,15+,16+,17-,21+;/m10./s1. The van der Waals surface area contributed by atoms with Crippen LogP contribution < -0.4 is 16.0 Å². The largest absolute Gasteiger partial charge is 0.464 e. The second kappa shape index (κ2) is 27.9. The van der Waals surface area contributed by atoms with E-state index in [1.165, 1.54) is 20.9 Å². The fourth-order valence-electron chi connectivity index (χ4n) is 12.4. The number of aliphatic hydroxyl groups excluding tert-OH is 1. The maximum absolute atomic E-state index is 14.2. The van der Waals surface area contributed by atoms with Crippen LogP contribution in [0.25, 0.3) is 0 Å². The Morgan fingerprint density at radius 2 is 1.17 bits per heavy atom. The summed E-state index contributed by atoms with van der Waals surface area (Å²) in [6.45, 7) is 14.2. The summed E-state index contributed by atoms with van der Waals surface area (Å²) in [5.74, 6) is -3.94. The number of hydrogen-bond donors (Lipinski definition) is 4. The molecule has 2 aromatic carbocycles. The average molecular weight is 1150 g/mol. The molecule has 2 aromatic rings. The molecule has 6 heterocycles. The van der Waals surface area contributed by atoms with Gasteiger partial charge in [0.1, 0.15) is 34.9 Å². The van der Waals surface area contributed by atoms with Gasteiger partial charge in [0.2, 0.25) is 23.6 Å². The van der Waals surface area contributed by atoms with E-state index in [9.17, 15) is 43.5 Å². The molecule has 5 amide bonds. The summed E-state index contributed by atoms with van der Waals surface area (Å²) in [5.41, 5.74) is 2.06. The molecule has 0 bridgehead atoms. The molecule has 0 spiro atoms. The van der Waals surface area contributed by atoms with E-state index in [1.807, 2.05) is 49.4 Å². The Bertz CT molecular complexity index is 2690. The predicted octanol–water partition coefficient (Wildman–Crippen LogP) is 7.25. The minimum absolute atomic E-state index is 0.00397. The van der Waals surface area contributed by atoms with Crippen molar-refractivity contribution in [2.24, 2.45) is 23.7 Å². The third-order valence-corrected chi connectivity index (χ3v) is 17.1. The molecule has 19 heteroatoms. The predicted molar refractivity (Wildman–Crippen MR) is 308 cm³/mol. The maximum Gasteiger partial charge on any atom is 0.410 e. The van der Waals surface area contributed by atoms with Gasteiger partial charge < -0.3 is 49.8 Å². The van der Waals surface area contributed by atoms with E-state index in [1.54, 1.807) is 39.5 Å². The lowest BCUT2D eigenvalue weighted by Crippen LogP contribution is -2.54. The summed E-state index contributed by atoms with van der Waals surface area (Å²) >= 11 is 0. The highest BCUT2D eigenvalue weighted by Gasteiger charge is 2.63. The van der Waals surface area contributed by atoms with Gasteiger partial charge >= 0.3 is 24.0 Å². The van der Waals surface area contributed by atoms with Crippen LogP contribution in [0.3, 0.4) is 0 Å². The molecule has 2 saturated heterocycles. The lowest BCUT2D eigenvalue weighted by molar-refractivity contribution is -0.159. The number of carbonyl (C=O) groups excluding carboxylic acids is 8. The first-order valence-corrected chi connectivity index (χ1v) is 30.4. The fourth-order valence-corrected chi connectivity index (χ4v) is 12.4. The van der Waals surface area contributed by atoms with Gasteiger partial charge in [-0.2, -0.15) is 0 Å². The van der Waals surface area contributed by atoms with Crippen LogP contribution in [-0.2, 0) is 78.7 Å². The molecule has 452 valence electrons. The number of nitrogens with one attached hydrogen (secondary N) is 3. The number of hydrogen-bond acceptors (Lipinski definition) is 14. The van der Waals surface area contributed by atoms with Crippen LogP contribution in [0, 0.1) is 23.7 Å². The van der Waals surface area contributed by atoms with E-state index in [0.29, 0.717) is 32.4 Å². The van der Waals surface area contributed by atoms with Gasteiger partial charge in [0, 0.05) is 69.2 Å². The second-order valence-corrected chi connectivity index (χ2v) is 24.6. The normalized spacial score (nSPS) is 30.4. The van der Waals surface area contributed by atoms with Crippen molar-refractivity contribution in [1.29, 1.82) is 0 Å². The maximum atomic E-state index is 14.2. The lowest BCUT2D eigenvalue weighted by Gasteiger charge is -2.29. The minimum Gasteiger partial charge on any atom is -0.464 e. The number of carbonyl (C=O) groups is 8. The first-order chi connectivity index (χ1) is 39.7. The first-order valence-electron chi connectivity index (χ1n) is 30.4. The van der Waals surface area contributed by atoms with Crippen molar-refractivity contribution >= 4 is 47.6 Å². The number of benzene rings is 2. The molecular weight excluding hydrogens is 1060 g/mol. The molecule has 0 aromatic heterocycles. The van der Waals surface area contributed by atoms with E-state index in [-0.39, 0.29) is 81.0 Å². The van der Waals surface area contributed by atoms with Gasteiger partial charge in [-0.15, -0.1) is 0 Å². The van der Waals surface area contributed by atoms with Gasteiger partial charge in [-0.1, -0.05) is 105 Å². The molecule has 6 aliphatic heterocycles. The molecule has 4 N–H and O–H groups in total. The number of fused-ring (bicyclic) bond motifs is 6. The number of esters is 3. The van der Waals surface area contributed by atoms with Gasteiger partial charge in [0.15, 0.2) is 0 Å². The molecule has 8 aliphatic rings. The van der Waals surface area contributed by atoms with Gasteiger partial charge in [0.05, 0.1) is 32.3 Å². The Kier molecular flexibility index (Phi) is 21.0. The Hall–Kier alpha value is -6.60. The Labute approximate surface area is 489 Å². The highest BCUT2D eigenvalue weighted by Crippen LogP contribution is 2.47. The zero-order valence-electron chi connectivity index (χ0n) is 49.5. The van der Waals surface area contributed by atoms with Crippen LogP contribution in [0.1, 0.15) is 160 Å². The van der Waals surface area contributed by atoms with Crippen molar-refractivity contribution in [2.45, 2.75) is 205 Å². The zero-order valence-corrected chi connectivity index (χ0v) is 49.5. The molecule has 2 saturated carbocycles. The van der Waals surface area contributed by atoms with Crippen molar-refractivity contribution < 1.29 is 62.4 Å². The Balaban J connectivity index is 0.000000203. The summed E-state index contributed by atoms with van der Waals surface area (Å²) < 4.78 is 22.1. The number of nitrogens with zero attached hydrogens (tertiary/aromatic N) is 3. The van der Waals surface area contributed by atoms with Gasteiger partial charge in [-0.05, 0) is 108 Å². The van der Waals surface area contributed by atoms with Crippen LogP contribution in [0.5, 0.6) is 0 Å². The smallest absolute Gasteiger partial charge is 0.410 e. The molecule has 19 nitrogen and oxygen atoms in total. The summed E-state index contributed by atoms with van der Waals surface area (Å²) in [4.78, 5) is 111. The van der Waals surface area contributed by atoms with Crippen molar-refractivity contribution in [2.75, 3.05) is 26.3 Å². The molecular formula is C64H88N6O13. The van der Waals surface area contributed by atoms with E-state index < -0.39 is 76.8 Å². The molecule has 0 radical (unpaired) electrons. The summed E-state index contributed by atoms with van der Waals surface area (Å²) in [5, 5.41) is 19.2. The third kappa shape index (κ3) is 15.8. The minimum atomic E-state index is -1.20. The van der Waals surface area contributed by atoms with Gasteiger partial charge in [-0.25, -0.2) is 14.4 Å². The molecule has 0 unspecified atom stereocenters. The highest BCUT2D eigenvalue weighted by atomic mass is 16.6. The summed E-state index contributed by atoms with van der Waals surface area (Å²) in [6.07, 6.45) is 15.6. The number of allylic oxidation sites excluding steroid dienone is 2. The summed E-state index contributed by atoms with van der Waals surface area (Å²) in [7, 11) is 0. The highest BCUT2D eigenvalue weighted by molar-refractivity contribution is 5.97. The SMILES string of the molecule is CCOC(=O)[C@@]12C[C@H]1/C=C\CCCCC[C@H](C)C(=O)N1C[C@H](O)C[C@H]1C(=O)N2.CCOC(=O)[C@@]12C[C@H]1/C=C\CCCCC[C@H](CC(=O)OC(C)(C)C)C(=O)N1C[C@H](OC(=O)N3Cc4ccccc4C3)C[C@H]1C(=O)N2.c1ccc2c(c1)CNC2. The number of amides is 5. The molecule has 2 aliphatic carbocycles. The first kappa shape index (κ1) is 62.4. The molecule has 4 fully saturated rings. The van der Waals surface area contributed by atoms with Crippen molar-refractivity contribution in [3.63, 3.8) is 0 Å². The van der Waals surface area contributed by atoms with Gasteiger partial charge in [-0.3, -0.25) is 28.9 Å². The van der Waals surface area contributed by atoms with Crippen LogP contribution in [0.2, 0.25) is 0 Å². The van der Waals surface area contributed by atoms with E-state index in [4.69, 9.17) is 18.9 Å². The monoisotopic (exact) mass is 1150 g/mol. The topological polar surface area (TPSA) is 240 Å². The number of ether oxygens (including phenoxy) is 4. The van der Waals surface area contributed by atoms with Crippen molar-refractivity contribution in [3.05, 3.63) is 95.1 Å². The van der Waals surface area contributed by atoms with Crippen LogP contribution in [0.4, 0.5) is 4.79 Å². The van der Waals surface area contributed by atoms with Crippen molar-refractivity contribution in [3.8, 4) is 0 Å². The van der Waals surface area contributed by atoms with Crippen LogP contribution in [-0.4, -0.2) is 135 Å². The Morgan fingerprint density at radius 3 is 1.70 bits per heavy atom. The van der Waals surface area contributed by atoms with Crippen LogP contribution >= 0.6 is 0 Å². The van der Waals surface area contributed by atoms with E-state index in [0.717, 1.165) is 82.0 Å². The Morgan fingerprint density at radius 1 is 0.663 bits per heavy atom. The third-order valence-electron chi connectivity index (χ3n) is 17.1.